The van der Waals surface area contributed by atoms with Gasteiger partial charge in [0.15, 0.2) is 5.78 Å². The van der Waals surface area contributed by atoms with Gasteiger partial charge in [0.25, 0.3) is 5.91 Å². The number of fused-ring (bicyclic) bond motifs is 1. The number of halogens is 1. The number of nitrogens with zero attached hydrogens (tertiary/aromatic N) is 1. The van der Waals surface area contributed by atoms with Gasteiger partial charge in [-0.05, 0) is 52.6 Å². The maximum absolute atomic E-state index is 14.8. The number of benzene rings is 2. The highest BCUT2D eigenvalue weighted by molar-refractivity contribution is 6.88. The van der Waals surface area contributed by atoms with Gasteiger partial charge >= 0.3 is 0 Å². The zero-order chi connectivity index (χ0) is 25.3. The van der Waals surface area contributed by atoms with Crippen LogP contribution in [0.2, 0.25) is 19.6 Å². The summed E-state index contributed by atoms with van der Waals surface area (Å²) in [7, 11) is -0.266. The first kappa shape index (κ1) is 24.6. The largest absolute Gasteiger partial charge is 0.497 e. The minimum atomic E-state index is -1.85. The molecule has 1 N–H and O–H groups in total. The van der Waals surface area contributed by atoms with Crippen LogP contribution in [0.15, 0.2) is 59.5 Å². The van der Waals surface area contributed by atoms with Gasteiger partial charge in [-0.15, -0.1) is 0 Å². The Hall–Kier alpha value is -3.52. The van der Waals surface area contributed by atoms with Gasteiger partial charge in [0.05, 0.1) is 20.7 Å². The second kappa shape index (κ2) is 9.62. The number of H-pyrrole nitrogens is 1. The molecule has 182 valence electrons. The Morgan fingerprint density at radius 1 is 1.11 bits per heavy atom. The Kier molecular flexibility index (Phi) is 6.76. The first-order valence-electron chi connectivity index (χ1n) is 11.6. The van der Waals surface area contributed by atoms with Crippen molar-refractivity contribution < 1.29 is 18.7 Å². The van der Waals surface area contributed by atoms with E-state index in [-0.39, 0.29) is 29.5 Å². The number of aromatic nitrogens is 1. The summed E-state index contributed by atoms with van der Waals surface area (Å²) in [5.74, 6) is -0.154. The van der Waals surface area contributed by atoms with Gasteiger partial charge in [-0.3, -0.25) is 14.4 Å². The summed E-state index contributed by atoms with van der Waals surface area (Å²) in [4.78, 5) is 42.6. The summed E-state index contributed by atoms with van der Waals surface area (Å²) < 4.78 is 20.2. The summed E-state index contributed by atoms with van der Waals surface area (Å²) in [6, 6.07) is 12.4. The number of ketones is 1. The molecule has 0 saturated heterocycles. The molecule has 2 aromatic carbocycles. The number of ether oxygens (including phenoxy) is 1. The topological polar surface area (TPSA) is 79.5 Å². The first-order valence-corrected chi connectivity index (χ1v) is 15.1. The van der Waals surface area contributed by atoms with Crippen LogP contribution in [-0.2, 0) is 17.6 Å². The van der Waals surface area contributed by atoms with Crippen LogP contribution in [0, 0.1) is 5.82 Å². The van der Waals surface area contributed by atoms with E-state index in [1.807, 2.05) is 12.1 Å². The van der Waals surface area contributed by atoms with E-state index in [0.29, 0.717) is 29.8 Å². The average Bonchev–Trinajstić information content (AvgIpc) is 2.82. The number of hydrogen-bond donors (Lipinski definition) is 1. The molecule has 0 spiro atoms. The molecule has 0 fully saturated rings. The Bertz CT molecular complexity index is 1330. The molecule has 2 heterocycles. The summed E-state index contributed by atoms with van der Waals surface area (Å²) >= 11 is 0. The van der Waals surface area contributed by atoms with Gasteiger partial charge in [0.1, 0.15) is 17.6 Å². The minimum absolute atomic E-state index is 0.00552. The monoisotopic (exact) mass is 492 g/mol. The zero-order valence-electron chi connectivity index (χ0n) is 20.4. The number of Topliss-reactive ketones (excluding diaryl/α,β-unsaturated/α-hetero) is 1. The van der Waals surface area contributed by atoms with Crippen LogP contribution in [0.1, 0.15) is 33.1 Å². The lowest BCUT2D eigenvalue weighted by Crippen LogP contribution is -2.44. The fraction of sp³-hybridized carbons (Fsp3) is 0.296. The second-order valence-corrected chi connectivity index (χ2v) is 14.9. The molecule has 4 rings (SSSR count). The number of carbonyl (C=O) groups excluding carboxylic acids is 2. The number of nitrogens with one attached hydrogen (secondary N) is 1. The van der Waals surface area contributed by atoms with Crippen molar-refractivity contribution in [3.63, 3.8) is 0 Å². The number of carbonyl (C=O) groups is 2. The first-order chi connectivity index (χ1) is 16.6. The van der Waals surface area contributed by atoms with Crippen LogP contribution in [0.5, 0.6) is 5.75 Å². The van der Waals surface area contributed by atoms with Crippen LogP contribution < -0.4 is 15.5 Å². The van der Waals surface area contributed by atoms with Crippen molar-refractivity contribution in [3.05, 3.63) is 93.2 Å². The third kappa shape index (κ3) is 5.12. The van der Waals surface area contributed by atoms with Crippen LogP contribution in [0.4, 0.5) is 4.39 Å². The normalized spacial score (nSPS) is 15.5. The van der Waals surface area contributed by atoms with Crippen LogP contribution in [-0.4, -0.2) is 43.3 Å². The molecule has 1 aliphatic heterocycles. The van der Waals surface area contributed by atoms with Gasteiger partial charge in [-0.25, -0.2) is 4.39 Å². The molecule has 3 aromatic rings. The van der Waals surface area contributed by atoms with Crippen molar-refractivity contribution in [3.8, 4) is 5.75 Å². The van der Waals surface area contributed by atoms with Crippen molar-refractivity contribution in [1.29, 1.82) is 0 Å². The average molecular weight is 493 g/mol. The van der Waals surface area contributed by atoms with E-state index in [9.17, 15) is 18.8 Å². The predicted octanol–water partition coefficient (Wildman–Crippen LogP) is 3.62. The summed E-state index contributed by atoms with van der Waals surface area (Å²) in [6.07, 6.45) is 1.92. The van der Waals surface area contributed by atoms with E-state index in [1.54, 1.807) is 25.3 Å². The van der Waals surface area contributed by atoms with Crippen molar-refractivity contribution in [2.45, 2.75) is 38.5 Å². The van der Waals surface area contributed by atoms with Gasteiger partial charge < -0.3 is 14.6 Å². The quantitative estimate of drug-likeness (QED) is 0.533. The highest BCUT2D eigenvalue weighted by atomic mass is 28.3. The number of amides is 1. The number of aromatic amines is 1. The number of hydrogen-bond acceptors (Lipinski definition) is 4. The molecule has 1 aliphatic rings. The molecule has 8 heteroatoms. The highest BCUT2D eigenvalue weighted by Gasteiger charge is 2.36. The zero-order valence-corrected chi connectivity index (χ0v) is 21.4. The fourth-order valence-electron chi connectivity index (χ4n) is 4.58. The third-order valence-electron chi connectivity index (χ3n) is 6.40. The van der Waals surface area contributed by atoms with E-state index in [0.717, 1.165) is 16.3 Å². The molecule has 1 amide bonds. The lowest BCUT2D eigenvalue weighted by Gasteiger charge is -2.36. The van der Waals surface area contributed by atoms with Crippen LogP contribution >= 0.6 is 0 Å². The van der Waals surface area contributed by atoms with Crippen molar-refractivity contribution in [2.75, 3.05) is 13.7 Å². The highest BCUT2D eigenvalue weighted by Crippen LogP contribution is 2.34. The van der Waals surface area contributed by atoms with E-state index in [4.69, 9.17) is 4.74 Å². The number of methoxy groups -OCH3 is 1. The minimum Gasteiger partial charge on any atom is -0.497 e. The molecule has 0 bridgehead atoms. The molecular weight excluding hydrogens is 463 g/mol. The maximum Gasteiger partial charge on any atom is 0.256 e. The van der Waals surface area contributed by atoms with E-state index in [2.05, 4.69) is 24.6 Å². The van der Waals surface area contributed by atoms with Gasteiger partial charge in [0.2, 0.25) is 5.56 Å². The molecule has 6 nitrogen and oxygen atoms in total. The lowest BCUT2D eigenvalue weighted by atomic mass is 9.87. The number of pyridine rings is 1. The molecule has 1 aromatic heterocycles. The van der Waals surface area contributed by atoms with E-state index in [1.165, 1.54) is 29.3 Å². The summed E-state index contributed by atoms with van der Waals surface area (Å²) in [6.45, 7) is 6.55. The van der Waals surface area contributed by atoms with Gasteiger partial charge in [-0.1, -0.05) is 37.8 Å². The lowest BCUT2D eigenvalue weighted by molar-refractivity contribution is -0.123. The van der Waals surface area contributed by atoms with Crippen LogP contribution in [0.25, 0.3) is 0 Å². The molecule has 0 unspecified atom stereocenters. The predicted molar refractivity (Wildman–Crippen MR) is 136 cm³/mol. The third-order valence-corrected chi connectivity index (χ3v) is 8.42. The Labute approximate surface area is 204 Å². The second-order valence-electron chi connectivity index (χ2n) is 9.86. The van der Waals surface area contributed by atoms with Crippen molar-refractivity contribution in [2.24, 2.45) is 0 Å². The Balaban J connectivity index is 1.70. The van der Waals surface area contributed by atoms with Gasteiger partial charge in [0, 0.05) is 25.2 Å². The number of rotatable bonds is 6. The molecular formula is C27H29FN2O4Si. The van der Waals surface area contributed by atoms with E-state index < -0.39 is 14.1 Å². The fourth-order valence-corrected chi connectivity index (χ4v) is 5.95. The standard InChI is InChI=1S/C27H29FN2O4Si/c1-34-20-7-8-21-18(15-20)11-12-30(27(33)19-6-10-25(32)29-16-19)26(21)23(31)14-17-5-9-24(22(28)13-17)35(2,3)4/h5-10,13,15-16,26H,11-12,14H2,1-4H3,(H,29,32)/t26-/m1/s1. The molecule has 1 atom stereocenters. The molecule has 35 heavy (non-hydrogen) atoms. The summed E-state index contributed by atoms with van der Waals surface area (Å²) in [5, 5.41) is 0.721. The smallest absolute Gasteiger partial charge is 0.256 e. The SMILES string of the molecule is COc1ccc2c(c1)CCN(C(=O)c1ccc(=O)[nH]c1)[C@H]2C(=O)Cc1ccc([Si](C)(C)C)c(F)c1. The Morgan fingerprint density at radius 3 is 2.51 bits per heavy atom. The molecule has 0 aliphatic carbocycles. The van der Waals surface area contributed by atoms with Crippen LogP contribution in [0.3, 0.4) is 0 Å². The Morgan fingerprint density at radius 2 is 1.89 bits per heavy atom. The van der Waals surface area contributed by atoms with Crippen molar-refractivity contribution in [1.82, 2.24) is 9.88 Å². The summed E-state index contributed by atoms with van der Waals surface area (Å²) in [5.41, 5.74) is 2.23. The van der Waals surface area contributed by atoms with Gasteiger partial charge in [-0.2, -0.15) is 0 Å². The van der Waals surface area contributed by atoms with E-state index >= 15 is 0 Å². The molecule has 0 saturated carbocycles. The van der Waals surface area contributed by atoms with Crippen molar-refractivity contribution >= 4 is 25.0 Å². The molecule has 0 radical (unpaired) electrons. The maximum atomic E-state index is 14.8.